The second kappa shape index (κ2) is 19.4. The van der Waals surface area contributed by atoms with Crippen LogP contribution < -0.4 is 16.4 Å². The molecule has 1 saturated heterocycles. The Balaban J connectivity index is 1.73. The number of phosphoric acid groups is 3. The van der Waals surface area contributed by atoms with Gasteiger partial charge in [-0.2, -0.15) is 16.9 Å². The van der Waals surface area contributed by atoms with E-state index in [9.17, 15) is 53.1 Å². The summed E-state index contributed by atoms with van der Waals surface area (Å²) in [5, 5.41) is 26.7. The van der Waals surface area contributed by atoms with Crippen LogP contribution in [0.5, 0.6) is 0 Å². The second-order valence-electron chi connectivity index (χ2n) is 12.8. The van der Waals surface area contributed by atoms with Gasteiger partial charge in [-0.1, -0.05) is 27.7 Å². The minimum atomic E-state index is -5.57. The van der Waals surface area contributed by atoms with Crippen LogP contribution >= 0.6 is 36.1 Å². The Kier molecular flexibility index (Phi) is 16.6. The van der Waals surface area contributed by atoms with E-state index in [1.807, 2.05) is 13.8 Å². The highest BCUT2D eigenvalue weighted by atomic mass is 32.1. The number of amides is 2. The number of rotatable bonds is 22. The summed E-state index contributed by atoms with van der Waals surface area (Å²) >= 11 is 3.96. The molecule has 1 fully saturated rings. The smallest absolute Gasteiger partial charge is 0.386 e. The van der Waals surface area contributed by atoms with Crippen LogP contribution in [0.3, 0.4) is 0 Å². The number of nitrogen functional groups attached to an aromatic ring is 1. The summed E-state index contributed by atoms with van der Waals surface area (Å²) < 4.78 is 63.3. The Morgan fingerprint density at radius 1 is 1.02 bits per heavy atom. The van der Waals surface area contributed by atoms with Crippen molar-refractivity contribution in [1.82, 2.24) is 30.2 Å². The number of thiol groups is 1. The number of phosphoric ester groups is 3. The number of ether oxygens (including phenoxy) is 1. The fourth-order valence-electron chi connectivity index (χ4n) is 5.15. The van der Waals surface area contributed by atoms with Gasteiger partial charge in [-0.25, -0.2) is 28.6 Å². The van der Waals surface area contributed by atoms with Crippen molar-refractivity contribution in [1.29, 1.82) is 0 Å². The Morgan fingerprint density at radius 3 is 2.28 bits per heavy atom. The summed E-state index contributed by atoms with van der Waals surface area (Å²) in [4.78, 5) is 77.1. The molecule has 0 aliphatic carbocycles. The summed E-state index contributed by atoms with van der Waals surface area (Å²) in [6, 6.07) is 0. The molecule has 0 bridgehead atoms. The van der Waals surface area contributed by atoms with Gasteiger partial charge in [0.1, 0.15) is 36.1 Å². The molecule has 3 heterocycles. The third-order valence-electron chi connectivity index (χ3n) is 7.74. The molecule has 2 aromatic heterocycles. The van der Waals surface area contributed by atoms with Crippen LogP contribution in [-0.4, -0.2) is 118 Å². The van der Waals surface area contributed by atoms with E-state index in [-0.39, 0.29) is 35.9 Å². The maximum atomic E-state index is 12.8. The van der Waals surface area contributed by atoms with Crippen LogP contribution in [0, 0.1) is 5.41 Å². The third-order valence-corrected chi connectivity index (χ3v) is 11.1. The lowest BCUT2D eigenvalue weighted by atomic mass is 9.87. The predicted molar refractivity (Wildman–Crippen MR) is 191 cm³/mol. The number of imidazole rings is 1. The zero-order valence-electron chi connectivity index (χ0n) is 29.9. The number of aliphatic hydroxyl groups is 2. The molecule has 1 aliphatic rings. The minimum absolute atomic E-state index is 0.0339. The normalized spacial score (nSPS) is 22.1. The van der Waals surface area contributed by atoms with E-state index >= 15 is 0 Å². The molecule has 2 aromatic rings. The quantitative estimate of drug-likeness (QED) is 0.0560. The van der Waals surface area contributed by atoms with E-state index in [4.69, 9.17) is 24.0 Å². The van der Waals surface area contributed by atoms with Crippen LogP contribution in [0.4, 0.5) is 5.82 Å². The summed E-state index contributed by atoms with van der Waals surface area (Å²) in [5.74, 6) is -0.221. The number of nitrogens with one attached hydrogen (secondary N) is 2. The summed E-state index contributed by atoms with van der Waals surface area (Å²) in [7, 11) is -16.4. The van der Waals surface area contributed by atoms with Crippen molar-refractivity contribution in [2.45, 2.75) is 90.4 Å². The number of carbonyl (C=O) groups excluding carboxylic acids is 2. The number of aromatic nitrogens is 4. The van der Waals surface area contributed by atoms with Gasteiger partial charge in [0.15, 0.2) is 23.2 Å². The number of hydrogen-bond donors (Lipinski definition) is 10. The molecule has 7 atom stereocenters. The van der Waals surface area contributed by atoms with Gasteiger partial charge in [0, 0.05) is 43.5 Å². The fraction of sp³-hybridized carbons (Fsp3) is 0.741. The topological polar surface area (TPSA) is 347 Å². The van der Waals surface area contributed by atoms with E-state index in [1.54, 1.807) is 0 Å². The van der Waals surface area contributed by atoms with Crippen LogP contribution in [-0.2, 0) is 58.7 Å². The number of hydrogen-bond acceptors (Lipinski definition) is 17. The van der Waals surface area contributed by atoms with Crippen molar-refractivity contribution in [3.63, 3.8) is 0 Å². The van der Waals surface area contributed by atoms with E-state index < -0.39 is 78.6 Å². The van der Waals surface area contributed by atoms with Gasteiger partial charge in [-0.05, 0) is 12.8 Å². The predicted octanol–water partition coefficient (Wildman–Crippen LogP) is 0.240. The monoisotopic (exact) mass is 851 g/mol. The lowest BCUT2D eigenvalue weighted by molar-refractivity contribution is -0.137. The van der Waals surface area contributed by atoms with Gasteiger partial charge in [-0.3, -0.25) is 27.7 Å². The zero-order chi connectivity index (χ0) is 40.6. The minimum Gasteiger partial charge on any atom is -0.386 e. The van der Waals surface area contributed by atoms with Crippen molar-refractivity contribution < 1.29 is 75.7 Å². The van der Waals surface area contributed by atoms with Gasteiger partial charge in [0.05, 0.1) is 13.2 Å². The SMILES string of the molecule is CCCc1nc(N)c2nc(CCC)n([C@@H]3O[C@H](COP(=O)(O)OP(=O)(O)OCC(C)(C)[C@@H](O)C(=O)NCCC(=O)NCCS)[C@@H](OP(=O)(O)O)[C@H]3O)c2n1. The van der Waals surface area contributed by atoms with E-state index in [1.165, 1.54) is 18.4 Å². The highest BCUT2D eigenvalue weighted by Crippen LogP contribution is 2.61. The number of carbonyl (C=O) groups is 2. The number of anilines is 1. The fourth-order valence-corrected chi connectivity index (χ4v) is 8.09. The lowest BCUT2D eigenvalue weighted by Crippen LogP contribution is -2.46. The Morgan fingerprint density at radius 2 is 1.67 bits per heavy atom. The first-order valence-corrected chi connectivity index (χ1v) is 21.8. The molecule has 23 nitrogen and oxygen atoms in total. The van der Waals surface area contributed by atoms with Crippen LogP contribution in [0.15, 0.2) is 0 Å². The second-order valence-corrected chi connectivity index (χ2v) is 17.5. The summed E-state index contributed by atoms with van der Waals surface area (Å²) in [6.45, 7) is 4.47. The molecule has 54 heavy (non-hydrogen) atoms. The first-order valence-electron chi connectivity index (χ1n) is 16.6. The maximum absolute atomic E-state index is 12.8. The summed E-state index contributed by atoms with van der Waals surface area (Å²) in [5.41, 5.74) is 4.85. The van der Waals surface area contributed by atoms with Gasteiger partial charge < -0.3 is 50.9 Å². The molecule has 2 amide bonds. The Labute approximate surface area is 315 Å². The molecule has 1 aliphatic heterocycles. The highest BCUT2D eigenvalue weighted by molar-refractivity contribution is 7.80. The average molecular weight is 852 g/mol. The molecular formula is C27H48N7O16P3S. The molecule has 0 saturated carbocycles. The first kappa shape index (κ1) is 46.3. The molecule has 0 radical (unpaired) electrons. The number of nitrogens with zero attached hydrogens (tertiary/aromatic N) is 4. The van der Waals surface area contributed by atoms with E-state index in [0.29, 0.717) is 49.6 Å². The van der Waals surface area contributed by atoms with Gasteiger partial charge in [-0.15, -0.1) is 0 Å². The summed E-state index contributed by atoms with van der Waals surface area (Å²) in [6.07, 6.45) is -7.03. The van der Waals surface area contributed by atoms with Gasteiger partial charge >= 0.3 is 23.5 Å². The lowest BCUT2D eigenvalue weighted by Gasteiger charge is -2.30. The first-order chi connectivity index (χ1) is 25.0. The van der Waals surface area contributed by atoms with Crippen LogP contribution in [0.25, 0.3) is 11.2 Å². The van der Waals surface area contributed by atoms with Crippen molar-refractivity contribution in [3.8, 4) is 0 Å². The maximum Gasteiger partial charge on any atom is 0.481 e. The van der Waals surface area contributed by atoms with Crippen molar-refractivity contribution in [2.24, 2.45) is 5.41 Å². The number of aryl methyl sites for hydroxylation is 2. The Hall–Kier alpha value is -2.11. The van der Waals surface area contributed by atoms with Crippen molar-refractivity contribution in [2.75, 3.05) is 37.8 Å². The van der Waals surface area contributed by atoms with Gasteiger partial charge in [0.2, 0.25) is 11.8 Å². The van der Waals surface area contributed by atoms with Gasteiger partial charge in [0.25, 0.3) is 0 Å². The Bertz CT molecular complexity index is 1760. The molecule has 10 N–H and O–H groups in total. The largest absolute Gasteiger partial charge is 0.481 e. The van der Waals surface area contributed by atoms with E-state index in [2.05, 4.69) is 42.5 Å². The average Bonchev–Trinajstić information content (AvgIpc) is 3.56. The molecule has 3 rings (SSSR count). The highest BCUT2D eigenvalue weighted by Gasteiger charge is 2.51. The molecule has 0 spiro atoms. The van der Waals surface area contributed by atoms with Crippen molar-refractivity contribution >= 4 is 64.9 Å². The molecule has 2 unspecified atom stereocenters. The van der Waals surface area contributed by atoms with Crippen LogP contribution in [0.1, 0.15) is 64.8 Å². The molecular weight excluding hydrogens is 803 g/mol. The molecule has 27 heteroatoms. The molecule has 0 aromatic carbocycles. The molecule has 308 valence electrons. The van der Waals surface area contributed by atoms with Crippen LogP contribution in [0.2, 0.25) is 0 Å². The number of nitrogens with two attached hydrogens (primary N) is 1. The third kappa shape index (κ3) is 13.0. The van der Waals surface area contributed by atoms with Crippen molar-refractivity contribution in [3.05, 3.63) is 11.6 Å². The number of aliphatic hydroxyl groups excluding tert-OH is 2. The zero-order valence-corrected chi connectivity index (χ0v) is 33.5. The number of fused-ring (bicyclic) bond motifs is 1. The van der Waals surface area contributed by atoms with E-state index in [0.717, 1.165) is 0 Å². The standard InChI is InChI=1S/C27H48N7O16P3S/c1-5-7-16-31-23(28)19-24(32-16)34(17(33-19)8-6-2)26-20(36)21(49-51(39,40)41)15(48-26)13-46-52(42,43)50-53(44,45)47-14-27(3,4)22(37)25(38)30-10-9-18(35)29-11-12-54/h15,20-22,26,36-37,54H,5-14H2,1-4H3,(H,29,35)(H,30,38)(H,42,43)(H,44,45)(H2,28,31,32)(H2,39,40,41)/t15-,20-,21-,22+,26-/m1/s1.